The van der Waals surface area contributed by atoms with Crippen LogP contribution in [0.25, 0.3) is 0 Å². The second-order valence-corrected chi connectivity index (χ2v) is 9.23. The van der Waals surface area contributed by atoms with Crippen LogP contribution in [0.1, 0.15) is 71.6 Å². The molecule has 0 bridgehead atoms. The number of ether oxygens (including phenoxy) is 2. The fourth-order valence-electron chi connectivity index (χ4n) is 3.45. The minimum Gasteiger partial charge on any atom is -0.493 e. The SMILES string of the molecule is CCCOc1cccc(CCOc2ccccc2C(C)(C)C)c1C(C)(C)C. The zero-order valence-corrected chi connectivity index (χ0v) is 18.2. The predicted molar refractivity (Wildman–Crippen MR) is 115 cm³/mol. The fourth-order valence-corrected chi connectivity index (χ4v) is 3.45. The molecule has 0 amide bonds. The molecule has 2 aromatic rings. The number of rotatable bonds is 7. The Bertz CT molecular complexity index is 733. The maximum Gasteiger partial charge on any atom is 0.123 e. The van der Waals surface area contributed by atoms with E-state index in [-0.39, 0.29) is 10.8 Å². The van der Waals surface area contributed by atoms with Gasteiger partial charge in [0, 0.05) is 12.0 Å². The van der Waals surface area contributed by atoms with Gasteiger partial charge < -0.3 is 9.47 Å². The molecule has 0 N–H and O–H groups in total. The van der Waals surface area contributed by atoms with Crippen molar-refractivity contribution in [3.8, 4) is 11.5 Å². The smallest absolute Gasteiger partial charge is 0.123 e. The molecular formula is C25H36O2. The molecule has 0 aliphatic carbocycles. The second kappa shape index (κ2) is 8.82. The summed E-state index contributed by atoms with van der Waals surface area (Å²) in [6.45, 7) is 17.0. The lowest BCUT2D eigenvalue weighted by Gasteiger charge is -2.27. The van der Waals surface area contributed by atoms with E-state index in [0.29, 0.717) is 6.61 Å². The van der Waals surface area contributed by atoms with Crippen LogP contribution in [0, 0.1) is 0 Å². The first-order chi connectivity index (χ1) is 12.6. The minimum absolute atomic E-state index is 0.0307. The monoisotopic (exact) mass is 368 g/mol. The highest BCUT2D eigenvalue weighted by Crippen LogP contribution is 2.35. The quantitative estimate of drug-likeness (QED) is 0.542. The van der Waals surface area contributed by atoms with E-state index in [1.807, 2.05) is 6.07 Å². The van der Waals surface area contributed by atoms with Gasteiger partial charge >= 0.3 is 0 Å². The second-order valence-electron chi connectivity index (χ2n) is 9.23. The van der Waals surface area contributed by atoms with Crippen LogP contribution in [0.4, 0.5) is 0 Å². The zero-order chi connectivity index (χ0) is 20.1. The number of hydrogen-bond donors (Lipinski definition) is 0. The Kier molecular flexibility index (Phi) is 6.97. The summed E-state index contributed by atoms with van der Waals surface area (Å²) in [5.41, 5.74) is 3.96. The molecular weight excluding hydrogens is 332 g/mol. The lowest BCUT2D eigenvalue weighted by atomic mass is 9.82. The van der Waals surface area contributed by atoms with Crippen molar-refractivity contribution < 1.29 is 9.47 Å². The van der Waals surface area contributed by atoms with Crippen LogP contribution in [0.3, 0.4) is 0 Å². The molecule has 0 atom stereocenters. The van der Waals surface area contributed by atoms with Crippen molar-refractivity contribution in [1.82, 2.24) is 0 Å². The van der Waals surface area contributed by atoms with Crippen molar-refractivity contribution in [2.45, 2.75) is 72.1 Å². The molecule has 0 unspecified atom stereocenters. The van der Waals surface area contributed by atoms with E-state index < -0.39 is 0 Å². The standard InChI is InChI=1S/C25H36O2/c1-8-17-26-22-15-11-12-19(23(22)25(5,6)7)16-18-27-21-14-10-9-13-20(21)24(2,3)4/h9-15H,8,16-18H2,1-7H3. The van der Waals surface area contributed by atoms with E-state index in [9.17, 15) is 0 Å². The fraction of sp³-hybridized carbons (Fsp3) is 0.520. The van der Waals surface area contributed by atoms with E-state index in [1.165, 1.54) is 16.7 Å². The maximum absolute atomic E-state index is 6.22. The Morgan fingerprint density at radius 1 is 0.704 bits per heavy atom. The normalized spacial score (nSPS) is 12.1. The predicted octanol–water partition coefficient (Wildman–Crippen LogP) is 6.69. The van der Waals surface area contributed by atoms with Gasteiger partial charge in [-0.25, -0.2) is 0 Å². The largest absolute Gasteiger partial charge is 0.493 e. The third-order valence-electron chi connectivity index (χ3n) is 4.65. The van der Waals surface area contributed by atoms with Gasteiger partial charge in [0.05, 0.1) is 13.2 Å². The van der Waals surface area contributed by atoms with Crippen LogP contribution in [-0.4, -0.2) is 13.2 Å². The summed E-state index contributed by atoms with van der Waals surface area (Å²) >= 11 is 0. The molecule has 0 aliphatic rings. The first-order valence-corrected chi connectivity index (χ1v) is 10.1. The average molecular weight is 369 g/mol. The lowest BCUT2D eigenvalue weighted by molar-refractivity contribution is 0.302. The molecule has 0 heterocycles. The maximum atomic E-state index is 6.22. The minimum atomic E-state index is 0.0307. The molecule has 0 aliphatic heterocycles. The lowest BCUT2D eigenvalue weighted by Crippen LogP contribution is -2.18. The van der Waals surface area contributed by atoms with Gasteiger partial charge in [0.25, 0.3) is 0 Å². The first-order valence-electron chi connectivity index (χ1n) is 10.1. The summed E-state index contributed by atoms with van der Waals surface area (Å²) in [5, 5.41) is 0. The van der Waals surface area contributed by atoms with Crippen LogP contribution in [-0.2, 0) is 17.3 Å². The van der Waals surface area contributed by atoms with Crippen LogP contribution in [0.15, 0.2) is 42.5 Å². The summed E-state index contributed by atoms with van der Waals surface area (Å²) in [6.07, 6.45) is 1.88. The molecule has 2 aromatic carbocycles. The Morgan fingerprint density at radius 2 is 1.33 bits per heavy atom. The highest BCUT2D eigenvalue weighted by molar-refractivity contribution is 5.45. The van der Waals surface area contributed by atoms with Crippen LogP contribution in [0.5, 0.6) is 11.5 Å². The Morgan fingerprint density at radius 3 is 1.96 bits per heavy atom. The van der Waals surface area contributed by atoms with Gasteiger partial charge in [0.15, 0.2) is 0 Å². The number of para-hydroxylation sites is 1. The van der Waals surface area contributed by atoms with Gasteiger partial charge in [0.2, 0.25) is 0 Å². The molecule has 148 valence electrons. The van der Waals surface area contributed by atoms with E-state index >= 15 is 0 Å². The summed E-state index contributed by atoms with van der Waals surface area (Å²) in [4.78, 5) is 0. The number of hydrogen-bond acceptors (Lipinski definition) is 2. The topological polar surface area (TPSA) is 18.5 Å². The average Bonchev–Trinajstić information content (AvgIpc) is 2.58. The molecule has 0 saturated carbocycles. The molecule has 2 heteroatoms. The van der Waals surface area contributed by atoms with Gasteiger partial charge in [0.1, 0.15) is 11.5 Å². The van der Waals surface area contributed by atoms with Crippen molar-refractivity contribution in [3.63, 3.8) is 0 Å². The van der Waals surface area contributed by atoms with Gasteiger partial charge in [-0.15, -0.1) is 0 Å². The Labute approximate surface area is 165 Å². The van der Waals surface area contributed by atoms with Crippen LogP contribution < -0.4 is 9.47 Å². The molecule has 0 radical (unpaired) electrons. The van der Waals surface area contributed by atoms with Gasteiger partial charge in [-0.1, -0.05) is 78.8 Å². The van der Waals surface area contributed by atoms with Crippen LogP contribution >= 0.6 is 0 Å². The van der Waals surface area contributed by atoms with E-state index in [0.717, 1.165) is 30.9 Å². The van der Waals surface area contributed by atoms with E-state index in [1.54, 1.807) is 0 Å². The third-order valence-corrected chi connectivity index (χ3v) is 4.65. The first kappa shape index (κ1) is 21.3. The molecule has 0 fully saturated rings. The molecule has 0 aromatic heterocycles. The summed E-state index contributed by atoms with van der Waals surface area (Å²) in [5.74, 6) is 2.00. The molecule has 0 spiro atoms. The van der Waals surface area contributed by atoms with Crippen molar-refractivity contribution in [1.29, 1.82) is 0 Å². The van der Waals surface area contributed by atoms with Gasteiger partial charge in [-0.05, 0) is 40.5 Å². The highest BCUT2D eigenvalue weighted by Gasteiger charge is 2.23. The van der Waals surface area contributed by atoms with Crippen molar-refractivity contribution in [2.24, 2.45) is 0 Å². The summed E-state index contributed by atoms with van der Waals surface area (Å²) in [7, 11) is 0. The van der Waals surface area contributed by atoms with Gasteiger partial charge in [-0.2, -0.15) is 0 Å². The van der Waals surface area contributed by atoms with E-state index in [4.69, 9.17) is 9.47 Å². The molecule has 2 rings (SSSR count). The van der Waals surface area contributed by atoms with Crippen LogP contribution in [0.2, 0.25) is 0 Å². The summed E-state index contributed by atoms with van der Waals surface area (Å²) < 4.78 is 12.3. The van der Waals surface area contributed by atoms with Crippen molar-refractivity contribution in [3.05, 3.63) is 59.2 Å². The third kappa shape index (κ3) is 5.76. The molecule has 2 nitrogen and oxygen atoms in total. The zero-order valence-electron chi connectivity index (χ0n) is 18.2. The Hall–Kier alpha value is -1.96. The van der Waals surface area contributed by atoms with Gasteiger partial charge in [-0.3, -0.25) is 0 Å². The van der Waals surface area contributed by atoms with Crippen molar-refractivity contribution >= 4 is 0 Å². The Balaban J connectivity index is 2.20. The highest BCUT2D eigenvalue weighted by atomic mass is 16.5. The molecule has 27 heavy (non-hydrogen) atoms. The molecule has 0 saturated heterocycles. The number of benzene rings is 2. The summed E-state index contributed by atoms with van der Waals surface area (Å²) in [6, 6.07) is 14.8. The van der Waals surface area contributed by atoms with Crippen molar-refractivity contribution in [2.75, 3.05) is 13.2 Å². The van der Waals surface area contributed by atoms with E-state index in [2.05, 4.69) is 84.9 Å².